The van der Waals surface area contributed by atoms with Gasteiger partial charge >= 0.3 is 0 Å². The summed E-state index contributed by atoms with van der Waals surface area (Å²) in [6.07, 6.45) is 1.58. The molecule has 0 aromatic carbocycles. The number of nitrogens with one attached hydrogen (secondary N) is 1. The van der Waals surface area contributed by atoms with Crippen molar-refractivity contribution in [3.8, 4) is 0 Å². The van der Waals surface area contributed by atoms with E-state index in [0.29, 0.717) is 13.0 Å². The summed E-state index contributed by atoms with van der Waals surface area (Å²) in [6.45, 7) is 4.90. The Morgan fingerprint density at radius 2 is 1.82 bits per heavy atom. The van der Waals surface area contributed by atoms with Crippen molar-refractivity contribution in [3.63, 3.8) is 0 Å². The number of rotatable bonds is 7. The Morgan fingerprint density at radius 1 is 1.24 bits per heavy atom. The zero-order chi connectivity index (χ0) is 13.4. The topological polar surface area (TPSA) is 52.7 Å². The maximum atomic E-state index is 11.9. The predicted octanol–water partition coefficient (Wildman–Crippen LogP) is 0.311. The smallest absolute Gasteiger partial charge is 0.242 e. The van der Waals surface area contributed by atoms with E-state index in [1.54, 1.807) is 7.05 Å². The monoisotopic (exact) mass is 243 g/mol. The van der Waals surface area contributed by atoms with Crippen LogP contribution in [-0.2, 0) is 9.59 Å². The number of nitrogens with zero attached hydrogens (tertiary/aromatic N) is 2. The molecule has 2 amide bonds. The lowest BCUT2D eigenvalue weighted by Crippen LogP contribution is -2.48. The van der Waals surface area contributed by atoms with Crippen molar-refractivity contribution in [1.29, 1.82) is 0 Å². The van der Waals surface area contributed by atoms with Crippen molar-refractivity contribution in [1.82, 2.24) is 15.1 Å². The normalized spacial score (nSPS) is 12.4. The molecule has 100 valence electrons. The van der Waals surface area contributed by atoms with Crippen LogP contribution in [0.1, 0.15) is 26.7 Å². The van der Waals surface area contributed by atoms with Gasteiger partial charge in [0.1, 0.15) is 6.04 Å². The van der Waals surface area contributed by atoms with E-state index >= 15 is 0 Å². The van der Waals surface area contributed by atoms with Crippen LogP contribution in [0.2, 0.25) is 0 Å². The first-order chi connectivity index (χ1) is 7.90. The predicted molar refractivity (Wildman–Crippen MR) is 68.7 cm³/mol. The molecule has 0 aliphatic rings. The summed E-state index contributed by atoms with van der Waals surface area (Å²) in [7, 11) is 5.59. The highest BCUT2D eigenvalue weighted by molar-refractivity contribution is 5.86. The van der Waals surface area contributed by atoms with Gasteiger partial charge in [-0.25, -0.2) is 0 Å². The Labute approximate surface area is 104 Å². The Morgan fingerprint density at radius 3 is 2.24 bits per heavy atom. The number of hydrogen-bond donors (Lipinski definition) is 1. The molecule has 0 aliphatic heterocycles. The van der Waals surface area contributed by atoms with Gasteiger partial charge in [-0.2, -0.15) is 0 Å². The first kappa shape index (κ1) is 15.9. The minimum atomic E-state index is -0.348. The molecule has 0 saturated carbocycles. The van der Waals surface area contributed by atoms with Crippen LogP contribution in [0, 0.1) is 0 Å². The second kappa shape index (κ2) is 8.06. The molecule has 0 rings (SSSR count). The van der Waals surface area contributed by atoms with Crippen molar-refractivity contribution >= 4 is 11.8 Å². The van der Waals surface area contributed by atoms with Crippen LogP contribution in [0.25, 0.3) is 0 Å². The summed E-state index contributed by atoms with van der Waals surface area (Å²) in [4.78, 5) is 26.7. The van der Waals surface area contributed by atoms with Gasteiger partial charge in [0.15, 0.2) is 0 Å². The summed E-state index contributed by atoms with van der Waals surface area (Å²) in [5, 5.41) is 2.86. The van der Waals surface area contributed by atoms with Gasteiger partial charge < -0.3 is 15.1 Å². The van der Waals surface area contributed by atoms with E-state index in [9.17, 15) is 9.59 Å². The third-order valence-electron chi connectivity index (χ3n) is 2.69. The average molecular weight is 243 g/mol. The van der Waals surface area contributed by atoms with Crippen LogP contribution < -0.4 is 5.32 Å². The number of carbonyl (C=O) groups is 2. The highest BCUT2D eigenvalue weighted by Crippen LogP contribution is 2.05. The van der Waals surface area contributed by atoms with Crippen molar-refractivity contribution in [2.24, 2.45) is 0 Å². The summed E-state index contributed by atoms with van der Waals surface area (Å²) in [5.41, 5.74) is 0. The fraction of sp³-hybridized carbons (Fsp3) is 0.833. The molecule has 17 heavy (non-hydrogen) atoms. The summed E-state index contributed by atoms with van der Waals surface area (Å²) >= 11 is 0. The van der Waals surface area contributed by atoms with Gasteiger partial charge in [0, 0.05) is 27.1 Å². The van der Waals surface area contributed by atoms with Crippen molar-refractivity contribution < 1.29 is 9.59 Å². The minimum Gasteiger partial charge on any atom is -0.353 e. The Hall–Kier alpha value is -1.10. The first-order valence-corrected chi connectivity index (χ1v) is 6.06. The van der Waals surface area contributed by atoms with Crippen molar-refractivity contribution in [2.45, 2.75) is 32.7 Å². The number of hydrogen-bond acceptors (Lipinski definition) is 3. The minimum absolute atomic E-state index is 0.0635. The molecule has 0 unspecified atom stereocenters. The van der Waals surface area contributed by atoms with Crippen LogP contribution >= 0.6 is 0 Å². The van der Waals surface area contributed by atoms with Gasteiger partial charge in [0.25, 0.3) is 0 Å². The van der Waals surface area contributed by atoms with E-state index in [1.807, 2.05) is 25.9 Å². The van der Waals surface area contributed by atoms with Gasteiger partial charge in [-0.15, -0.1) is 0 Å². The van der Waals surface area contributed by atoms with Gasteiger partial charge in [0.2, 0.25) is 11.8 Å². The SMILES string of the molecule is CCC[C@@H](C(=O)NCCN(C)C)N(C)C(C)=O. The van der Waals surface area contributed by atoms with E-state index in [4.69, 9.17) is 0 Å². The second-order valence-electron chi connectivity index (χ2n) is 4.53. The van der Waals surface area contributed by atoms with Gasteiger partial charge in [-0.05, 0) is 20.5 Å². The Bertz CT molecular complexity index is 254. The molecule has 0 spiro atoms. The molecule has 0 aromatic heterocycles. The van der Waals surface area contributed by atoms with E-state index in [-0.39, 0.29) is 17.9 Å². The zero-order valence-corrected chi connectivity index (χ0v) is 11.6. The average Bonchev–Trinajstić information content (AvgIpc) is 2.24. The largest absolute Gasteiger partial charge is 0.353 e. The zero-order valence-electron chi connectivity index (χ0n) is 11.6. The standard InChI is InChI=1S/C12H25N3O2/c1-6-7-11(15(5)10(2)16)12(17)13-8-9-14(3)4/h11H,6-9H2,1-5H3,(H,13,17)/t11-/m0/s1. The van der Waals surface area contributed by atoms with E-state index in [1.165, 1.54) is 11.8 Å². The molecule has 0 aliphatic carbocycles. The van der Waals surface area contributed by atoms with Gasteiger partial charge in [0.05, 0.1) is 0 Å². The quantitative estimate of drug-likeness (QED) is 0.700. The van der Waals surface area contributed by atoms with Crippen LogP contribution in [-0.4, -0.2) is 61.9 Å². The molecule has 0 heterocycles. The lowest BCUT2D eigenvalue weighted by molar-refractivity contribution is -0.137. The second-order valence-corrected chi connectivity index (χ2v) is 4.53. The maximum Gasteiger partial charge on any atom is 0.242 e. The fourth-order valence-corrected chi connectivity index (χ4v) is 1.51. The van der Waals surface area contributed by atoms with E-state index in [0.717, 1.165) is 13.0 Å². The molecule has 5 nitrogen and oxygen atoms in total. The number of likely N-dealkylation sites (N-methyl/N-ethyl adjacent to an activating group) is 2. The molecule has 1 atom stereocenters. The molecule has 0 saturated heterocycles. The summed E-state index contributed by atoms with van der Waals surface area (Å²) < 4.78 is 0. The number of carbonyl (C=O) groups excluding carboxylic acids is 2. The molecule has 1 N–H and O–H groups in total. The lowest BCUT2D eigenvalue weighted by atomic mass is 10.1. The summed E-state index contributed by atoms with van der Waals surface area (Å²) in [5.74, 6) is -0.141. The van der Waals surface area contributed by atoms with Crippen LogP contribution in [0.3, 0.4) is 0 Å². The third-order valence-corrected chi connectivity index (χ3v) is 2.69. The van der Waals surface area contributed by atoms with E-state index in [2.05, 4.69) is 5.32 Å². The van der Waals surface area contributed by atoms with Crippen LogP contribution in [0.5, 0.6) is 0 Å². The molecular formula is C12H25N3O2. The Kier molecular flexibility index (Phi) is 7.54. The van der Waals surface area contributed by atoms with Crippen molar-refractivity contribution in [3.05, 3.63) is 0 Å². The Balaban J connectivity index is 4.29. The number of amides is 2. The first-order valence-electron chi connectivity index (χ1n) is 6.06. The van der Waals surface area contributed by atoms with E-state index < -0.39 is 0 Å². The van der Waals surface area contributed by atoms with Crippen LogP contribution in [0.4, 0.5) is 0 Å². The lowest BCUT2D eigenvalue weighted by Gasteiger charge is -2.26. The molecule has 5 heteroatoms. The molecule has 0 radical (unpaired) electrons. The molecular weight excluding hydrogens is 218 g/mol. The highest BCUT2D eigenvalue weighted by Gasteiger charge is 2.23. The third kappa shape index (κ3) is 6.26. The molecule has 0 aromatic rings. The van der Waals surface area contributed by atoms with Gasteiger partial charge in [-0.1, -0.05) is 13.3 Å². The summed E-state index contributed by atoms with van der Waals surface area (Å²) in [6, 6.07) is -0.348. The maximum absolute atomic E-state index is 11.9. The fourth-order valence-electron chi connectivity index (χ4n) is 1.51. The van der Waals surface area contributed by atoms with Crippen LogP contribution in [0.15, 0.2) is 0 Å². The van der Waals surface area contributed by atoms with Crippen molar-refractivity contribution in [2.75, 3.05) is 34.2 Å². The molecule has 0 bridgehead atoms. The van der Waals surface area contributed by atoms with Gasteiger partial charge in [-0.3, -0.25) is 9.59 Å². The highest BCUT2D eigenvalue weighted by atomic mass is 16.2. The molecule has 0 fully saturated rings.